The van der Waals surface area contributed by atoms with Crippen molar-refractivity contribution in [3.8, 4) is 0 Å². The van der Waals surface area contributed by atoms with Crippen molar-refractivity contribution < 1.29 is 4.39 Å². The van der Waals surface area contributed by atoms with Crippen LogP contribution in [0.1, 0.15) is 18.0 Å². The molecule has 5 heteroatoms. The molecule has 1 saturated heterocycles. The molecule has 2 rings (SSSR count). The van der Waals surface area contributed by atoms with Crippen LogP contribution in [0.3, 0.4) is 0 Å². The number of nitrogens with zero attached hydrogens (tertiary/aromatic N) is 3. The first-order chi connectivity index (χ1) is 9.10. The van der Waals surface area contributed by atoms with Crippen molar-refractivity contribution in [2.45, 2.75) is 18.5 Å². The summed E-state index contributed by atoms with van der Waals surface area (Å²) in [6, 6.07) is 2.20. The monoisotopic (exact) mass is 266 g/mol. The van der Waals surface area contributed by atoms with Gasteiger partial charge >= 0.3 is 0 Å². The van der Waals surface area contributed by atoms with Crippen LogP contribution in [-0.4, -0.2) is 61.6 Å². The Morgan fingerprint density at radius 3 is 2.89 bits per heavy atom. The molecule has 19 heavy (non-hydrogen) atoms. The fourth-order valence-corrected chi connectivity index (χ4v) is 2.67. The van der Waals surface area contributed by atoms with Crippen molar-refractivity contribution in [3.63, 3.8) is 0 Å². The summed E-state index contributed by atoms with van der Waals surface area (Å²) in [5.74, 6) is -0.271. The molecule has 1 aliphatic rings. The van der Waals surface area contributed by atoms with Gasteiger partial charge in [0.2, 0.25) is 0 Å². The summed E-state index contributed by atoms with van der Waals surface area (Å²) in [6.07, 6.45) is 3.95. The van der Waals surface area contributed by atoms with Gasteiger partial charge in [0.1, 0.15) is 5.82 Å². The van der Waals surface area contributed by atoms with Gasteiger partial charge in [-0.3, -0.25) is 4.98 Å². The second-order valence-electron chi connectivity index (χ2n) is 5.41. The Balaban J connectivity index is 2.06. The molecule has 1 aromatic rings. The number of piperazine rings is 1. The van der Waals surface area contributed by atoms with Crippen molar-refractivity contribution in [1.29, 1.82) is 0 Å². The van der Waals surface area contributed by atoms with Crippen molar-refractivity contribution in [2.75, 3.05) is 40.8 Å². The average molecular weight is 266 g/mol. The van der Waals surface area contributed by atoms with Crippen LogP contribution in [0.5, 0.6) is 0 Å². The molecule has 0 aliphatic carbocycles. The SMILES string of the molecule is CNC(CC1CN(C)CCN1C)c1cncc(F)c1. The van der Waals surface area contributed by atoms with Crippen LogP contribution in [0.4, 0.5) is 4.39 Å². The molecule has 0 radical (unpaired) electrons. The molecule has 0 aromatic carbocycles. The highest BCUT2D eigenvalue weighted by Gasteiger charge is 2.25. The average Bonchev–Trinajstić information content (AvgIpc) is 2.39. The standard InChI is InChI=1S/C14H23FN4/c1-16-14(11-6-12(15)9-17-8-11)7-13-10-18(2)4-5-19(13)3/h6,8-9,13-14,16H,4-5,7,10H2,1-3H3. The first-order valence-electron chi connectivity index (χ1n) is 6.76. The van der Waals surface area contributed by atoms with E-state index < -0.39 is 0 Å². The molecule has 4 nitrogen and oxygen atoms in total. The quantitative estimate of drug-likeness (QED) is 0.885. The van der Waals surface area contributed by atoms with E-state index in [1.807, 2.05) is 7.05 Å². The summed E-state index contributed by atoms with van der Waals surface area (Å²) in [7, 11) is 6.23. The van der Waals surface area contributed by atoms with Gasteiger partial charge in [-0.1, -0.05) is 0 Å². The van der Waals surface area contributed by atoms with Crippen LogP contribution in [0.15, 0.2) is 18.5 Å². The topological polar surface area (TPSA) is 31.4 Å². The van der Waals surface area contributed by atoms with E-state index in [1.165, 1.54) is 6.20 Å². The molecule has 1 aliphatic heterocycles. The summed E-state index contributed by atoms with van der Waals surface area (Å²) < 4.78 is 13.3. The van der Waals surface area contributed by atoms with Gasteiger partial charge < -0.3 is 15.1 Å². The number of pyridine rings is 1. The summed E-state index contributed by atoms with van der Waals surface area (Å²) in [6.45, 7) is 3.25. The molecular weight excluding hydrogens is 243 g/mol. The van der Waals surface area contributed by atoms with Gasteiger partial charge in [-0.05, 0) is 39.2 Å². The molecule has 0 saturated carbocycles. The summed E-state index contributed by atoms with van der Waals surface area (Å²) in [5.41, 5.74) is 0.920. The fraction of sp³-hybridized carbons (Fsp3) is 0.643. The largest absolute Gasteiger partial charge is 0.313 e. The predicted molar refractivity (Wildman–Crippen MR) is 74.5 cm³/mol. The second-order valence-corrected chi connectivity index (χ2v) is 5.41. The Bertz CT molecular complexity index is 412. The van der Waals surface area contributed by atoms with E-state index in [-0.39, 0.29) is 11.9 Å². The minimum absolute atomic E-state index is 0.141. The number of likely N-dealkylation sites (N-methyl/N-ethyl adjacent to an activating group) is 2. The van der Waals surface area contributed by atoms with Crippen molar-refractivity contribution in [3.05, 3.63) is 29.8 Å². The zero-order valence-electron chi connectivity index (χ0n) is 11.9. The number of hydrogen-bond acceptors (Lipinski definition) is 4. The summed E-state index contributed by atoms with van der Waals surface area (Å²) in [5, 5.41) is 3.28. The molecule has 1 N–H and O–H groups in total. The van der Waals surface area contributed by atoms with Crippen LogP contribution in [0.25, 0.3) is 0 Å². The molecule has 1 aromatic heterocycles. The molecule has 0 bridgehead atoms. The molecule has 2 heterocycles. The molecule has 0 amide bonds. The number of halogens is 1. The molecule has 2 atom stereocenters. The Kier molecular flexibility index (Phi) is 4.85. The maximum Gasteiger partial charge on any atom is 0.141 e. The Labute approximate surface area is 114 Å². The first kappa shape index (κ1) is 14.4. The zero-order valence-corrected chi connectivity index (χ0v) is 11.9. The van der Waals surface area contributed by atoms with Crippen molar-refractivity contribution in [1.82, 2.24) is 20.1 Å². The Morgan fingerprint density at radius 1 is 1.42 bits per heavy atom. The van der Waals surface area contributed by atoms with Crippen LogP contribution >= 0.6 is 0 Å². The third-order valence-electron chi connectivity index (χ3n) is 3.96. The lowest BCUT2D eigenvalue weighted by molar-refractivity contribution is 0.102. The van der Waals surface area contributed by atoms with Gasteiger partial charge in [-0.25, -0.2) is 4.39 Å². The Hall–Kier alpha value is -1.04. The molecule has 0 spiro atoms. The van der Waals surface area contributed by atoms with E-state index in [2.05, 4.69) is 34.2 Å². The van der Waals surface area contributed by atoms with E-state index >= 15 is 0 Å². The minimum Gasteiger partial charge on any atom is -0.313 e. The van der Waals surface area contributed by atoms with E-state index in [0.29, 0.717) is 6.04 Å². The fourth-order valence-electron chi connectivity index (χ4n) is 2.67. The summed E-state index contributed by atoms with van der Waals surface area (Å²) in [4.78, 5) is 8.68. The second kappa shape index (κ2) is 6.41. The molecule has 1 fully saturated rings. The maximum atomic E-state index is 13.3. The minimum atomic E-state index is -0.271. The lowest BCUT2D eigenvalue weighted by Gasteiger charge is -2.39. The van der Waals surface area contributed by atoms with E-state index in [9.17, 15) is 4.39 Å². The predicted octanol–water partition coefficient (Wildman–Crippen LogP) is 1.12. The number of hydrogen-bond donors (Lipinski definition) is 1. The van der Waals surface area contributed by atoms with Gasteiger partial charge in [-0.15, -0.1) is 0 Å². The number of aromatic nitrogens is 1. The molecule has 106 valence electrons. The van der Waals surface area contributed by atoms with Crippen LogP contribution in [0, 0.1) is 5.82 Å². The number of rotatable bonds is 4. The van der Waals surface area contributed by atoms with Crippen molar-refractivity contribution >= 4 is 0 Å². The Morgan fingerprint density at radius 2 is 2.21 bits per heavy atom. The van der Waals surface area contributed by atoms with Gasteiger partial charge in [0.15, 0.2) is 0 Å². The zero-order chi connectivity index (χ0) is 13.8. The highest BCUT2D eigenvalue weighted by atomic mass is 19.1. The molecule has 2 unspecified atom stereocenters. The van der Waals surface area contributed by atoms with Gasteiger partial charge in [0.05, 0.1) is 6.20 Å². The number of nitrogens with one attached hydrogen (secondary N) is 1. The molecular formula is C14H23FN4. The third-order valence-corrected chi connectivity index (χ3v) is 3.96. The smallest absolute Gasteiger partial charge is 0.141 e. The highest BCUT2D eigenvalue weighted by Crippen LogP contribution is 2.22. The van der Waals surface area contributed by atoms with Crippen LogP contribution < -0.4 is 5.32 Å². The lowest BCUT2D eigenvalue weighted by Crippen LogP contribution is -2.50. The van der Waals surface area contributed by atoms with Crippen LogP contribution in [0.2, 0.25) is 0 Å². The van der Waals surface area contributed by atoms with Crippen molar-refractivity contribution in [2.24, 2.45) is 0 Å². The maximum absolute atomic E-state index is 13.3. The lowest BCUT2D eigenvalue weighted by atomic mass is 9.98. The van der Waals surface area contributed by atoms with E-state index in [0.717, 1.165) is 31.6 Å². The summed E-state index contributed by atoms with van der Waals surface area (Å²) >= 11 is 0. The van der Waals surface area contributed by atoms with Gasteiger partial charge in [-0.2, -0.15) is 0 Å². The van der Waals surface area contributed by atoms with Gasteiger partial charge in [0.25, 0.3) is 0 Å². The van der Waals surface area contributed by atoms with E-state index in [4.69, 9.17) is 0 Å². The highest BCUT2D eigenvalue weighted by molar-refractivity contribution is 5.15. The third kappa shape index (κ3) is 3.72. The first-order valence-corrected chi connectivity index (χ1v) is 6.76. The van der Waals surface area contributed by atoms with Gasteiger partial charge in [0, 0.05) is 37.9 Å². The normalized spacial score (nSPS) is 23.5. The van der Waals surface area contributed by atoms with E-state index in [1.54, 1.807) is 12.3 Å². The van der Waals surface area contributed by atoms with Crippen LogP contribution in [-0.2, 0) is 0 Å².